The van der Waals surface area contributed by atoms with Crippen LogP contribution in [0.1, 0.15) is 35.3 Å². The van der Waals surface area contributed by atoms with Gasteiger partial charge in [-0.05, 0) is 37.8 Å². The van der Waals surface area contributed by atoms with E-state index in [1.165, 1.54) is 19.3 Å². The highest BCUT2D eigenvalue weighted by molar-refractivity contribution is 9.09. The average molecular weight is 297 g/mol. The van der Waals surface area contributed by atoms with Gasteiger partial charge in [0.15, 0.2) is 0 Å². The van der Waals surface area contributed by atoms with Gasteiger partial charge in [-0.25, -0.2) is 0 Å². The zero-order chi connectivity index (χ0) is 12.3. The van der Waals surface area contributed by atoms with E-state index in [0.717, 1.165) is 12.2 Å². The first kappa shape index (κ1) is 12.6. The van der Waals surface area contributed by atoms with E-state index >= 15 is 0 Å². The minimum absolute atomic E-state index is 0.0119. The number of nitrogens with one attached hydrogen (secondary N) is 1. The Kier molecular flexibility index (Phi) is 4.15. The zero-order valence-corrected chi connectivity index (χ0v) is 11.5. The second-order valence-corrected chi connectivity index (χ2v) is 5.73. The molecule has 1 saturated carbocycles. The van der Waals surface area contributed by atoms with Gasteiger partial charge in [-0.3, -0.25) is 9.78 Å². The molecule has 1 amide bonds. The number of aryl methyl sites for hydroxylation is 1. The van der Waals surface area contributed by atoms with E-state index in [0.29, 0.717) is 16.3 Å². The number of halogens is 1. The maximum absolute atomic E-state index is 12.0. The Bertz CT molecular complexity index is 408. The van der Waals surface area contributed by atoms with Crippen molar-refractivity contribution >= 4 is 21.8 Å². The van der Waals surface area contributed by atoms with E-state index in [9.17, 15) is 4.79 Å². The number of pyridine rings is 1. The monoisotopic (exact) mass is 296 g/mol. The van der Waals surface area contributed by atoms with Crippen LogP contribution in [0.2, 0.25) is 0 Å². The van der Waals surface area contributed by atoms with Crippen molar-refractivity contribution in [2.75, 3.05) is 6.54 Å². The molecule has 1 aromatic heterocycles. The van der Waals surface area contributed by atoms with Crippen LogP contribution in [0.3, 0.4) is 0 Å². The van der Waals surface area contributed by atoms with Gasteiger partial charge in [-0.2, -0.15) is 0 Å². The quantitative estimate of drug-likeness (QED) is 0.872. The molecule has 1 aliphatic rings. The number of carbonyl (C=O) groups is 1. The van der Waals surface area contributed by atoms with Crippen molar-refractivity contribution in [1.29, 1.82) is 0 Å². The third-order valence-corrected chi connectivity index (χ3v) is 4.55. The molecule has 0 radical (unpaired) electrons. The molecule has 92 valence electrons. The van der Waals surface area contributed by atoms with Gasteiger partial charge in [-0.1, -0.05) is 22.4 Å². The first-order chi connectivity index (χ1) is 8.18. The Balaban J connectivity index is 1.91. The standard InChI is InChI=1S/C13H17BrN2O/c1-9-11(5-3-7-15-9)13(17)16-8-10-4-2-6-12(10)14/h3,5,7,10,12H,2,4,6,8H2,1H3,(H,16,17). The number of hydrogen-bond donors (Lipinski definition) is 1. The molecular formula is C13H17BrN2O. The molecule has 1 heterocycles. The smallest absolute Gasteiger partial charge is 0.253 e. The second kappa shape index (κ2) is 5.63. The highest BCUT2D eigenvalue weighted by Gasteiger charge is 2.25. The maximum atomic E-state index is 12.0. The normalized spacial score (nSPS) is 23.6. The lowest BCUT2D eigenvalue weighted by Crippen LogP contribution is -2.31. The molecule has 0 aromatic carbocycles. The summed E-state index contributed by atoms with van der Waals surface area (Å²) in [5, 5.41) is 3.00. The lowest BCUT2D eigenvalue weighted by Gasteiger charge is -2.15. The summed E-state index contributed by atoms with van der Waals surface area (Å²) in [4.78, 5) is 16.6. The van der Waals surface area contributed by atoms with Crippen LogP contribution in [0.25, 0.3) is 0 Å². The van der Waals surface area contributed by atoms with Gasteiger partial charge in [-0.15, -0.1) is 0 Å². The van der Waals surface area contributed by atoms with Gasteiger partial charge < -0.3 is 5.32 Å². The molecule has 1 aromatic rings. The van der Waals surface area contributed by atoms with Gasteiger partial charge in [0, 0.05) is 23.3 Å². The van der Waals surface area contributed by atoms with Gasteiger partial charge in [0.25, 0.3) is 5.91 Å². The Morgan fingerprint density at radius 1 is 1.59 bits per heavy atom. The van der Waals surface area contributed by atoms with Crippen molar-refractivity contribution in [3.05, 3.63) is 29.6 Å². The fraction of sp³-hybridized carbons (Fsp3) is 0.538. The third kappa shape index (κ3) is 3.06. The van der Waals surface area contributed by atoms with E-state index in [1.807, 2.05) is 13.0 Å². The lowest BCUT2D eigenvalue weighted by atomic mass is 10.1. The summed E-state index contributed by atoms with van der Waals surface area (Å²) in [6, 6.07) is 3.61. The number of rotatable bonds is 3. The van der Waals surface area contributed by atoms with Crippen LogP contribution in [0.5, 0.6) is 0 Å². The number of aromatic nitrogens is 1. The number of alkyl halides is 1. The summed E-state index contributed by atoms with van der Waals surface area (Å²) in [6.45, 7) is 2.61. The molecule has 2 unspecified atom stereocenters. The largest absolute Gasteiger partial charge is 0.352 e. The Hall–Kier alpha value is -0.900. The SMILES string of the molecule is Cc1ncccc1C(=O)NCC1CCCC1Br. The molecular weight excluding hydrogens is 280 g/mol. The van der Waals surface area contributed by atoms with Crippen molar-refractivity contribution in [3.63, 3.8) is 0 Å². The molecule has 4 heteroatoms. The van der Waals surface area contributed by atoms with E-state index in [2.05, 4.69) is 26.2 Å². The third-order valence-electron chi connectivity index (χ3n) is 3.34. The highest BCUT2D eigenvalue weighted by Crippen LogP contribution is 2.30. The Morgan fingerprint density at radius 3 is 3.06 bits per heavy atom. The summed E-state index contributed by atoms with van der Waals surface area (Å²) in [7, 11) is 0. The molecule has 2 rings (SSSR count). The first-order valence-electron chi connectivity index (χ1n) is 6.02. The molecule has 2 atom stereocenters. The molecule has 17 heavy (non-hydrogen) atoms. The molecule has 1 fully saturated rings. The van der Waals surface area contributed by atoms with E-state index < -0.39 is 0 Å². The molecule has 0 spiro atoms. The van der Waals surface area contributed by atoms with Crippen LogP contribution in [0.15, 0.2) is 18.3 Å². The molecule has 1 N–H and O–H groups in total. The fourth-order valence-electron chi connectivity index (χ4n) is 2.26. The molecule has 1 aliphatic carbocycles. The fourth-order valence-corrected chi connectivity index (χ4v) is 3.04. The van der Waals surface area contributed by atoms with Crippen molar-refractivity contribution in [2.45, 2.75) is 31.0 Å². The van der Waals surface area contributed by atoms with Crippen LogP contribution >= 0.6 is 15.9 Å². The minimum atomic E-state index is -0.0119. The van der Waals surface area contributed by atoms with Crippen molar-refractivity contribution in [1.82, 2.24) is 10.3 Å². The van der Waals surface area contributed by atoms with E-state index in [1.54, 1.807) is 12.3 Å². The molecule has 3 nitrogen and oxygen atoms in total. The lowest BCUT2D eigenvalue weighted by molar-refractivity contribution is 0.0947. The number of hydrogen-bond acceptors (Lipinski definition) is 2. The van der Waals surface area contributed by atoms with Crippen molar-refractivity contribution < 1.29 is 4.79 Å². The predicted molar refractivity (Wildman–Crippen MR) is 71.4 cm³/mol. The molecule has 0 saturated heterocycles. The van der Waals surface area contributed by atoms with Crippen molar-refractivity contribution in [2.24, 2.45) is 5.92 Å². The van der Waals surface area contributed by atoms with E-state index in [4.69, 9.17) is 0 Å². The van der Waals surface area contributed by atoms with Gasteiger partial charge >= 0.3 is 0 Å². The number of amides is 1. The van der Waals surface area contributed by atoms with Crippen LogP contribution < -0.4 is 5.32 Å². The van der Waals surface area contributed by atoms with Crippen LogP contribution in [-0.4, -0.2) is 22.3 Å². The summed E-state index contributed by atoms with van der Waals surface area (Å²) in [5.41, 5.74) is 1.46. The Morgan fingerprint density at radius 2 is 2.41 bits per heavy atom. The summed E-state index contributed by atoms with van der Waals surface area (Å²) >= 11 is 3.66. The predicted octanol–water partition coefficient (Wildman–Crippen LogP) is 2.68. The van der Waals surface area contributed by atoms with Crippen LogP contribution in [0.4, 0.5) is 0 Å². The molecule has 0 aliphatic heterocycles. The van der Waals surface area contributed by atoms with Gasteiger partial charge in [0.2, 0.25) is 0 Å². The number of nitrogens with zero attached hydrogens (tertiary/aromatic N) is 1. The summed E-state index contributed by atoms with van der Waals surface area (Å²) < 4.78 is 0. The van der Waals surface area contributed by atoms with Gasteiger partial charge in [0.1, 0.15) is 0 Å². The van der Waals surface area contributed by atoms with Crippen LogP contribution in [0, 0.1) is 12.8 Å². The minimum Gasteiger partial charge on any atom is -0.352 e. The highest BCUT2D eigenvalue weighted by atomic mass is 79.9. The first-order valence-corrected chi connectivity index (χ1v) is 6.94. The Labute approximate surface area is 110 Å². The average Bonchev–Trinajstić information content (AvgIpc) is 2.72. The van der Waals surface area contributed by atoms with E-state index in [-0.39, 0.29) is 5.91 Å². The maximum Gasteiger partial charge on any atom is 0.253 e. The second-order valence-electron chi connectivity index (χ2n) is 4.55. The summed E-state index contributed by atoms with van der Waals surface area (Å²) in [6.07, 6.45) is 5.37. The van der Waals surface area contributed by atoms with Crippen molar-refractivity contribution in [3.8, 4) is 0 Å². The summed E-state index contributed by atoms with van der Waals surface area (Å²) in [5.74, 6) is 0.554. The van der Waals surface area contributed by atoms with Gasteiger partial charge in [0.05, 0.1) is 5.56 Å². The van der Waals surface area contributed by atoms with Crippen LogP contribution in [-0.2, 0) is 0 Å². The topological polar surface area (TPSA) is 42.0 Å². The zero-order valence-electron chi connectivity index (χ0n) is 9.95. The number of carbonyl (C=O) groups excluding carboxylic acids is 1. The molecule has 0 bridgehead atoms.